The summed E-state index contributed by atoms with van der Waals surface area (Å²) < 4.78 is 19.6. The standard InChI is InChI=1S/C4H3Cl3N2O2S/c5-3-1-2-8-4(6,9-3)12(7,10)11/h1-2,9H. The van der Waals surface area contributed by atoms with Crippen molar-refractivity contribution in [1.29, 1.82) is 0 Å². The highest BCUT2D eigenvalue weighted by Crippen LogP contribution is 2.28. The molecule has 0 spiro atoms. The molecular weight excluding hydrogens is 246 g/mol. The second kappa shape index (κ2) is 3.06. The van der Waals surface area contributed by atoms with Crippen LogP contribution in [0.15, 0.2) is 16.2 Å². The molecule has 1 rings (SSSR count). The lowest BCUT2D eigenvalue weighted by molar-refractivity contribution is 0.570. The van der Waals surface area contributed by atoms with E-state index in [-0.39, 0.29) is 5.16 Å². The zero-order chi connectivity index (χ0) is 9.41. The van der Waals surface area contributed by atoms with Crippen molar-refractivity contribution in [3.05, 3.63) is 11.2 Å². The van der Waals surface area contributed by atoms with E-state index in [9.17, 15) is 8.42 Å². The van der Waals surface area contributed by atoms with Crippen LogP contribution in [-0.4, -0.2) is 19.1 Å². The zero-order valence-corrected chi connectivity index (χ0v) is 8.54. The van der Waals surface area contributed by atoms with Crippen molar-refractivity contribution >= 4 is 49.1 Å². The molecule has 0 fully saturated rings. The summed E-state index contributed by atoms with van der Waals surface area (Å²) in [6.07, 6.45) is 2.51. The zero-order valence-electron chi connectivity index (χ0n) is 5.46. The van der Waals surface area contributed by atoms with Crippen molar-refractivity contribution in [3.8, 4) is 0 Å². The average molecular weight is 250 g/mol. The van der Waals surface area contributed by atoms with E-state index >= 15 is 0 Å². The Labute approximate surface area is 83.6 Å². The summed E-state index contributed by atoms with van der Waals surface area (Å²) in [5.41, 5.74) is 0. The highest BCUT2D eigenvalue weighted by Gasteiger charge is 2.41. The van der Waals surface area contributed by atoms with Crippen LogP contribution < -0.4 is 5.32 Å². The van der Waals surface area contributed by atoms with E-state index < -0.39 is 13.5 Å². The van der Waals surface area contributed by atoms with Gasteiger partial charge in [-0.3, -0.25) is 0 Å². The minimum Gasteiger partial charge on any atom is -0.325 e. The quantitative estimate of drug-likeness (QED) is 0.431. The molecule has 0 bridgehead atoms. The first-order valence-electron chi connectivity index (χ1n) is 2.67. The predicted octanol–water partition coefficient (Wildman–Crippen LogP) is 1.16. The Bertz CT molecular complexity index is 349. The summed E-state index contributed by atoms with van der Waals surface area (Å²) in [4.78, 5) is 3.43. The molecule has 0 aromatic carbocycles. The molecule has 1 atom stereocenters. The monoisotopic (exact) mass is 248 g/mol. The highest BCUT2D eigenvalue weighted by atomic mass is 35.7. The number of halogens is 3. The van der Waals surface area contributed by atoms with Gasteiger partial charge in [-0.2, -0.15) is 0 Å². The van der Waals surface area contributed by atoms with Gasteiger partial charge in [0.15, 0.2) is 0 Å². The lowest BCUT2D eigenvalue weighted by Crippen LogP contribution is -2.43. The summed E-state index contributed by atoms with van der Waals surface area (Å²) in [7, 11) is 0.942. The van der Waals surface area contributed by atoms with Crippen LogP contribution >= 0.6 is 33.9 Å². The van der Waals surface area contributed by atoms with Crippen LogP contribution in [0.4, 0.5) is 0 Å². The van der Waals surface area contributed by atoms with Crippen LogP contribution in [0.25, 0.3) is 0 Å². The normalized spacial score (nSPS) is 29.4. The molecule has 0 aliphatic carbocycles. The van der Waals surface area contributed by atoms with Crippen LogP contribution in [0, 0.1) is 0 Å². The summed E-state index contributed by atoms with van der Waals surface area (Å²) >= 11 is 11.0. The molecule has 0 amide bonds. The van der Waals surface area contributed by atoms with Crippen LogP contribution in [0.3, 0.4) is 0 Å². The number of alkyl halides is 1. The van der Waals surface area contributed by atoms with Gasteiger partial charge in [0, 0.05) is 16.9 Å². The average Bonchev–Trinajstić information content (AvgIpc) is 1.83. The lowest BCUT2D eigenvalue weighted by Gasteiger charge is -2.22. The van der Waals surface area contributed by atoms with Gasteiger partial charge in [-0.1, -0.05) is 23.2 Å². The van der Waals surface area contributed by atoms with Crippen molar-refractivity contribution in [2.24, 2.45) is 4.99 Å². The number of hydrogen-bond acceptors (Lipinski definition) is 4. The number of nitrogens with zero attached hydrogens (tertiary/aromatic N) is 1. The topological polar surface area (TPSA) is 58.5 Å². The van der Waals surface area contributed by atoms with Gasteiger partial charge in [-0.15, -0.1) is 0 Å². The molecule has 1 aliphatic heterocycles. The fourth-order valence-electron chi connectivity index (χ4n) is 0.544. The van der Waals surface area contributed by atoms with E-state index in [4.69, 9.17) is 33.9 Å². The Morgan fingerprint density at radius 2 is 2.17 bits per heavy atom. The third-order valence-corrected chi connectivity index (χ3v) is 3.84. The van der Waals surface area contributed by atoms with Gasteiger partial charge in [0.25, 0.3) is 9.05 Å². The fraction of sp³-hybridized carbons (Fsp3) is 0.250. The van der Waals surface area contributed by atoms with Crippen LogP contribution in [0.1, 0.15) is 0 Å². The first kappa shape index (κ1) is 10.1. The van der Waals surface area contributed by atoms with Crippen molar-refractivity contribution in [2.75, 3.05) is 0 Å². The molecule has 1 heterocycles. The SMILES string of the molecule is O=S(=O)(Cl)C1(Cl)N=CC=C(Cl)N1. The van der Waals surface area contributed by atoms with Crippen LogP contribution in [-0.2, 0) is 9.05 Å². The van der Waals surface area contributed by atoms with Gasteiger partial charge in [0.2, 0.25) is 0 Å². The van der Waals surface area contributed by atoms with Gasteiger partial charge in [0.1, 0.15) is 5.16 Å². The van der Waals surface area contributed by atoms with E-state index in [0.29, 0.717) is 0 Å². The van der Waals surface area contributed by atoms with Gasteiger partial charge >= 0.3 is 4.45 Å². The first-order valence-corrected chi connectivity index (χ1v) is 5.74. The lowest BCUT2D eigenvalue weighted by atomic mass is 10.6. The Morgan fingerprint density at radius 1 is 1.58 bits per heavy atom. The summed E-state index contributed by atoms with van der Waals surface area (Å²) in [5.74, 6) is 0. The van der Waals surface area contributed by atoms with E-state index in [0.717, 1.165) is 6.21 Å². The Hall–Kier alpha value is 0.0300. The van der Waals surface area contributed by atoms with Crippen molar-refractivity contribution in [1.82, 2.24) is 5.32 Å². The number of rotatable bonds is 1. The van der Waals surface area contributed by atoms with Gasteiger partial charge in [-0.05, 0) is 6.08 Å². The summed E-state index contributed by atoms with van der Waals surface area (Å²) in [6.45, 7) is 0. The smallest absolute Gasteiger partial charge is 0.325 e. The molecule has 0 aromatic heterocycles. The van der Waals surface area contributed by atoms with E-state index in [2.05, 4.69) is 10.3 Å². The van der Waals surface area contributed by atoms with Crippen molar-refractivity contribution < 1.29 is 8.42 Å². The third-order valence-electron chi connectivity index (χ3n) is 1.06. The maximum absolute atomic E-state index is 10.8. The fourth-order valence-corrected chi connectivity index (χ4v) is 1.65. The molecule has 1 N–H and O–H groups in total. The molecular formula is C4H3Cl3N2O2S. The molecule has 0 saturated heterocycles. The predicted molar refractivity (Wildman–Crippen MR) is 48.9 cm³/mol. The molecule has 8 heteroatoms. The molecule has 0 aromatic rings. The van der Waals surface area contributed by atoms with Crippen molar-refractivity contribution in [2.45, 2.75) is 4.45 Å². The second-order valence-corrected chi connectivity index (χ2v) is 5.78. The minimum absolute atomic E-state index is 0.0595. The molecule has 12 heavy (non-hydrogen) atoms. The van der Waals surface area contributed by atoms with Gasteiger partial charge < -0.3 is 5.32 Å². The van der Waals surface area contributed by atoms with Crippen molar-refractivity contribution in [3.63, 3.8) is 0 Å². The minimum atomic E-state index is -4.05. The molecule has 1 unspecified atom stereocenters. The van der Waals surface area contributed by atoms with E-state index in [1.807, 2.05) is 0 Å². The molecule has 0 saturated carbocycles. The Morgan fingerprint density at radius 3 is 2.50 bits per heavy atom. The second-order valence-electron chi connectivity index (χ2n) is 1.92. The van der Waals surface area contributed by atoms with Gasteiger partial charge in [-0.25, -0.2) is 13.4 Å². The maximum Gasteiger partial charge on any atom is 0.326 e. The molecule has 1 aliphatic rings. The Balaban J connectivity index is 3.07. The number of aliphatic imine (C=N–C) groups is 1. The summed E-state index contributed by atoms with van der Waals surface area (Å²) in [5, 5.41) is 2.27. The third kappa shape index (κ3) is 1.85. The molecule has 0 radical (unpaired) electrons. The van der Waals surface area contributed by atoms with E-state index in [1.165, 1.54) is 6.08 Å². The number of hydrogen-bond donors (Lipinski definition) is 1. The molecule has 4 nitrogen and oxygen atoms in total. The molecule has 68 valence electrons. The summed E-state index contributed by atoms with van der Waals surface area (Å²) in [6, 6.07) is 0. The first-order chi connectivity index (χ1) is 5.35. The number of nitrogens with one attached hydrogen (secondary N) is 1. The van der Waals surface area contributed by atoms with E-state index in [1.54, 1.807) is 0 Å². The van der Waals surface area contributed by atoms with Crippen LogP contribution in [0.2, 0.25) is 0 Å². The van der Waals surface area contributed by atoms with Gasteiger partial charge in [0.05, 0.1) is 0 Å². The maximum atomic E-state index is 10.8. The largest absolute Gasteiger partial charge is 0.326 e. The highest BCUT2D eigenvalue weighted by molar-refractivity contribution is 8.15. The van der Waals surface area contributed by atoms with Crippen LogP contribution in [0.5, 0.6) is 0 Å². The number of allylic oxidation sites excluding steroid dienone is 1. The Kier molecular flexibility index (Phi) is 2.58.